The molecule has 3 aromatic heterocycles. The monoisotopic (exact) mass is 524 g/mol. The number of H-pyrrole nitrogens is 1. The van der Waals surface area contributed by atoms with Crippen LogP contribution in [0, 0.1) is 5.82 Å². The molecule has 1 fully saturated rings. The summed E-state index contributed by atoms with van der Waals surface area (Å²) in [6, 6.07) is 3.79. The lowest BCUT2D eigenvalue weighted by molar-refractivity contribution is -0.0506. The molecule has 1 aliphatic heterocycles. The lowest BCUT2D eigenvalue weighted by Crippen LogP contribution is -2.26. The van der Waals surface area contributed by atoms with Crippen molar-refractivity contribution in [3.05, 3.63) is 63.8 Å². The smallest absolute Gasteiger partial charge is 0.387 e. The predicted molar refractivity (Wildman–Crippen MR) is 128 cm³/mol. The number of ether oxygens (including phenoxy) is 1. The predicted octanol–water partition coefficient (Wildman–Crippen LogP) is 6.65. The van der Waals surface area contributed by atoms with Crippen molar-refractivity contribution in [3.8, 4) is 16.2 Å². The molecule has 0 bridgehead atoms. The van der Waals surface area contributed by atoms with Gasteiger partial charge >= 0.3 is 6.61 Å². The molecule has 0 radical (unpaired) electrons. The molecule has 1 saturated heterocycles. The second-order valence-corrected chi connectivity index (χ2v) is 9.75. The Labute approximate surface area is 207 Å². The molecule has 2 N–H and O–H groups in total. The van der Waals surface area contributed by atoms with Gasteiger partial charge in [-0.2, -0.15) is 8.78 Å². The maximum atomic E-state index is 14.4. The number of hydrogen-bond acceptors (Lipinski definition) is 5. The maximum Gasteiger partial charge on any atom is 0.387 e. The minimum Gasteiger partial charge on any atom is -0.434 e. The van der Waals surface area contributed by atoms with E-state index in [4.69, 9.17) is 11.6 Å². The fourth-order valence-electron chi connectivity index (χ4n) is 4.51. The second-order valence-electron chi connectivity index (χ2n) is 8.31. The third-order valence-corrected chi connectivity index (χ3v) is 7.84. The minimum absolute atomic E-state index is 0.174. The van der Waals surface area contributed by atoms with E-state index in [0.29, 0.717) is 22.5 Å². The molecule has 0 amide bonds. The van der Waals surface area contributed by atoms with E-state index in [9.17, 15) is 17.6 Å². The number of benzene rings is 1. The van der Waals surface area contributed by atoms with E-state index in [0.717, 1.165) is 53.5 Å². The summed E-state index contributed by atoms with van der Waals surface area (Å²) in [5.74, 6) is -1.96. The summed E-state index contributed by atoms with van der Waals surface area (Å²) in [7, 11) is 0. The average Bonchev–Trinajstić information content (AvgIpc) is 3.51. The van der Waals surface area contributed by atoms with Gasteiger partial charge in [0.25, 0.3) is 0 Å². The molecular formula is C24H21ClF4N4OS. The molecule has 5 rings (SSSR count). The number of piperidine rings is 1. The quantitative estimate of drug-likeness (QED) is 0.266. The Balaban J connectivity index is 1.55. The highest BCUT2D eigenvalue weighted by atomic mass is 35.5. The number of halogens is 5. The number of alkyl halides is 3. The molecule has 0 aliphatic carbocycles. The lowest BCUT2D eigenvalue weighted by Gasteiger charge is -2.20. The Bertz CT molecular complexity index is 1340. The number of hydrogen-bond donors (Lipinski definition) is 2. The van der Waals surface area contributed by atoms with Crippen LogP contribution in [0.1, 0.15) is 40.8 Å². The molecule has 4 heterocycles. The number of nitrogens with zero attached hydrogens (tertiary/aromatic N) is 2. The molecule has 1 aromatic carbocycles. The van der Waals surface area contributed by atoms with Crippen molar-refractivity contribution in [2.45, 2.75) is 31.3 Å². The van der Waals surface area contributed by atoms with Crippen LogP contribution in [0.25, 0.3) is 21.5 Å². The molecule has 184 valence electrons. The van der Waals surface area contributed by atoms with Crippen LogP contribution in [0.4, 0.5) is 17.6 Å². The van der Waals surface area contributed by atoms with E-state index in [1.807, 2.05) is 12.3 Å². The van der Waals surface area contributed by atoms with Gasteiger partial charge in [0.1, 0.15) is 23.9 Å². The van der Waals surface area contributed by atoms with Crippen LogP contribution in [0.15, 0.2) is 36.8 Å². The van der Waals surface area contributed by atoms with Crippen molar-refractivity contribution in [3.63, 3.8) is 0 Å². The number of rotatable bonds is 7. The van der Waals surface area contributed by atoms with E-state index < -0.39 is 30.0 Å². The highest BCUT2D eigenvalue weighted by Gasteiger charge is 2.28. The zero-order chi connectivity index (χ0) is 24.5. The van der Waals surface area contributed by atoms with Gasteiger partial charge in [-0.25, -0.2) is 14.4 Å². The summed E-state index contributed by atoms with van der Waals surface area (Å²) >= 11 is 7.72. The number of nitrogens with one attached hydrogen (secondary N) is 2. The summed E-state index contributed by atoms with van der Waals surface area (Å²) in [5.41, 5.74) is 1.51. The van der Waals surface area contributed by atoms with Crippen LogP contribution < -0.4 is 10.1 Å². The van der Waals surface area contributed by atoms with Crippen LogP contribution in [-0.4, -0.2) is 41.3 Å². The van der Waals surface area contributed by atoms with Crippen LogP contribution in [0.5, 0.6) is 5.75 Å². The molecule has 35 heavy (non-hydrogen) atoms. The zero-order valence-corrected chi connectivity index (χ0v) is 19.9. The van der Waals surface area contributed by atoms with Gasteiger partial charge in [0.2, 0.25) is 0 Å². The average molecular weight is 525 g/mol. The molecule has 5 nitrogen and oxygen atoms in total. The molecular weight excluding hydrogens is 504 g/mol. The summed E-state index contributed by atoms with van der Waals surface area (Å²) in [4.78, 5) is 13.0. The van der Waals surface area contributed by atoms with Crippen LogP contribution >= 0.6 is 22.9 Å². The maximum absolute atomic E-state index is 14.4. The zero-order valence-electron chi connectivity index (χ0n) is 18.3. The van der Waals surface area contributed by atoms with E-state index in [1.54, 1.807) is 17.5 Å². The first-order valence-corrected chi connectivity index (χ1v) is 12.3. The molecule has 0 spiro atoms. The first-order chi connectivity index (χ1) is 17.0. The Hall–Kier alpha value is -2.69. The summed E-state index contributed by atoms with van der Waals surface area (Å²) in [6.45, 7) is -2.26. The van der Waals surface area contributed by atoms with Crippen LogP contribution in [-0.2, 0) is 0 Å². The molecule has 0 saturated carbocycles. The lowest BCUT2D eigenvalue weighted by atomic mass is 9.91. The third-order valence-electron chi connectivity index (χ3n) is 6.25. The number of fused-ring (bicyclic) bond motifs is 1. The molecule has 4 aromatic rings. The van der Waals surface area contributed by atoms with Crippen molar-refractivity contribution in [1.82, 2.24) is 20.3 Å². The van der Waals surface area contributed by atoms with Gasteiger partial charge in [-0.15, -0.1) is 11.3 Å². The SMILES string of the molecule is FC[C@H](c1c(OC(F)F)ccc(F)c1Cl)c1c[nH]c2ncc(-c3cnc(C4CCNCC4)s3)cc12. The second kappa shape index (κ2) is 10.1. The van der Waals surface area contributed by atoms with Gasteiger partial charge in [-0.1, -0.05) is 11.6 Å². The Morgan fingerprint density at radius 3 is 2.71 bits per heavy atom. The molecule has 11 heteroatoms. The van der Waals surface area contributed by atoms with Crippen molar-refractivity contribution in [2.75, 3.05) is 19.8 Å². The highest BCUT2D eigenvalue weighted by Crippen LogP contribution is 2.42. The number of aromatic amines is 1. The summed E-state index contributed by atoms with van der Waals surface area (Å²) in [5, 5.41) is 4.53. The first-order valence-electron chi connectivity index (χ1n) is 11.1. The summed E-state index contributed by atoms with van der Waals surface area (Å²) < 4.78 is 59.2. The fraction of sp³-hybridized carbons (Fsp3) is 0.333. The Kier molecular flexibility index (Phi) is 6.95. The van der Waals surface area contributed by atoms with E-state index in [2.05, 4.69) is 25.0 Å². The Morgan fingerprint density at radius 2 is 1.97 bits per heavy atom. The third kappa shape index (κ3) is 4.74. The van der Waals surface area contributed by atoms with Crippen molar-refractivity contribution in [1.29, 1.82) is 0 Å². The van der Waals surface area contributed by atoms with E-state index in [-0.39, 0.29) is 11.3 Å². The Morgan fingerprint density at radius 1 is 1.17 bits per heavy atom. The van der Waals surface area contributed by atoms with Gasteiger partial charge in [-0.05, 0) is 49.7 Å². The normalized spacial score (nSPS) is 15.7. The van der Waals surface area contributed by atoms with Crippen molar-refractivity contribution in [2.24, 2.45) is 0 Å². The first kappa shape index (κ1) is 24.0. The minimum atomic E-state index is -3.17. The van der Waals surface area contributed by atoms with Crippen molar-refractivity contribution < 1.29 is 22.3 Å². The van der Waals surface area contributed by atoms with Crippen LogP contribution in [0.2, 0.25) is 5.02 Å². The highest BCUT2D eigenvalue weighted by molar-refractivity contribution is 7.15. The van der Waals surface area contributed by atoms with E-state index >= 15 is 0 Å². The topological polar surface area (TPSA) is 62.8 Å². The van der Waals surface area contributed by atoms with Gasteiger partial charge in [0, 0.05) is 46.9 Å². The summed E-state index contributed by atoms with van der Waals surface area (Å²) in [6.07, 6.45) is 7.10. The van der Waals surface area contributed by atoms with Crippen LogP contribution in [0.3, 0.4) is 0 Å². The molecule has 1 atom stereocenters. The fourth-order valence-corrected chi connectivity index (χ4v) is 5.87. The van der Waals surface area contributed by atoms with Crippen molar-refractivity contribution >= 4 is 34.0 Å². The van der Waals surface area contributed by atoms with Gasteiger partial charge in [-0.3, -0.25) is 4.39 Å². The largest absolute Gasteiger partial charge is 0.434 e. The van der Waals surface area contributed by atoms with Gasteiger partial charge < -0.3 is 15.0 Å². The number of aromatic nitrogens is 3. The number of pyridine rings is 1. The molecule has 1 aliphatic rings. The van der Waals surface area contributed by atoms with Gasteiger partial charge in [0.05, 0.1) is 14.9 Å². The standard InChI is InChI=1S/C24H21ClF4N4OS/c25-21-17(27)1-2-18(34-24(28)29)20(21)15(8-26)16-10-32-22-14(16)7-13(9-31-22)19-11-33-23(35-19)12-3-5-30-6-4-12/h1-2,7,9-12,15,24,30H,3-6,8H2,(H,31,32)/t15-/m0/s1. The van der Waals surface area contributed by atoms with Gasteiger partial charge in [0.15, 0.2) is 0 Å². The number of thiazole rings is 1. The van der Waals surface area contributed by atoms with E-state index in [1.165, 1.54) is 6.20 Å². The molecule has 0 unspecified atom stereocenters.